The lowest BCUT2D eigenvalue weighted by Crippen LogP contribution is -2.53. The van der Waals surface area contributed by atoms with Crippen LogP contribution in [0.3, 0.4) is 0 Å². The number of hydrogen-bond acceptors (Lipinski definition) is 6. The lowest BCUT2D eigenvalue weighted by atomic mass is 10.2. The molecule has 1 fully saturated rings. The van der Waals surface area contributed by atoms with Crippen LogP contribution in [0.1, 0.15) is 23.9 Å². The van der Waals surface area contributed by atoms with Crippen LogP contribution in [0, 0.1) is 13.8 Å². The average Bonchev–Trinajstić information content (AvgIpc) is 3.10. The first-order chi connectivity index (χ1) is 13.5. The molecule has 2 heterocycles. The van der Waals surface area contributed by atoms with Crippen LogP contribution in [0.25, 0.3) is 0 Å². The number of piperazine rings is 1. The highest BCUT2D eigenvalue weighted by Crippen LogP contribution is 2.13. The summed E-state index contributed by atoms with van der Waals surface area (Å²) in [5.74, 6) is 1.78. The van der Waals surface area contributed by atoms with Crippen molar-refractivity contribution in [2.75, 3.05) is 39.3 Å². The summed E-state index contributed by atoms with van der Waals surface area (Å²) in [6, 6.07) is 9.74. The summed E-state index contributed by atoms with van der Waals surface area (Å²) in [7, 11) is 0. The van der Waals surface area contributed by atoms with Crippen LogP contribution in [0.4, 0.5) is 0 Å². The van der Waals surface area contributed by atoms with E-state index in [0.29, 0.717) is 13.2 Å². The zero-order valence-electron chi connectivity index (χ0n) is 17.0. The molecule has 1 aromatic heterocycles. The minimum Gasteiger partial charge on any atom is -0.492 e. The number of nitrogens with zero attached hydrogens (tertiary/aromatic N) is 3. The SMILES string of the molecule is Cc1cccc(OCCNC(=O)C(C)N2CCN(Cc3cc(C)no3)CC2)c1. The van der Waals surface area contributed by atoms with Crippen LogP contribution >= 0.6 is 0 Å². The van der Waals surface area contributed by atoms with Crippen molar-refractivity contribution in [2.45, 2.75) is 33.4 Å². The van der Waals surface area contributed by atoms with Crippen molar-refractivity contribution in [2.24, 2.45) is 0 Å². The van der Waals surface area contributed by atoms with Crippen LogP contribution < -0.4 is 10.1 Å². The number of rotatable bonds is 8. The van der Waals surface area contributed by atoms with Gasteiger partial charge < -0.3 is 14.6 Å². The van der Waals surface area contributed by atoms with E-state index in [1.807, 2.05) is 51.1 Å². The van der Waals surface area contributed by atoms with E-state index in [9.17, 15) is 4.79 Å². The Balaban J connectivity index is 1.34. The second-order valence-corrected chi connectivity index (χ2v) is 7.38. The number of nitrogens with one attached hydrogen (secondary N) is 1. The Bertz CT molecular complexity index is 769. The standard InChI is InChI=1S/C21H30N4O3/c1-16-5-4-6-19(13-16)27-12-7-22-21(26)18(3)25-10-8-24(9-11-25)15-20-14-17(2)23-28-20/h4-6,13-14,18H,7-12,15H2,1-3H3,(H,22,26). The Morgan fingerprint density at radius 2 is 2.04 bits per heavy atom. The maximum Gasteiger partial charge on any atom is 0.237 e. The maximum absolute atomic E-state index is 12.4. The number of benzene rings is 1. The van der Waals surface area contributed by atoms with E-state index < -0.39 is 0 Å². The number of carbonyl (C=O) groups is 1. The summed E-state index contributed by atoms with van der Waals surface area (Å²) in [5.41, 5.74) is 2.07. The molecule has 0 saturated carbocycles. The third-order valence-corrected chi connectivity index (χ3v) is 5.05. The van der Waals surface area contributed by atoms with Gasteiger partial charge in [0.2, 0.25) is 5.91 Å². The normalized spacial score (nSPS) is 16.7. The molecule has 2 aromatic rings. The maximum atomic E-state index is 12.4. The molecule has 0 bridgehead atoms. The molecule has 1 aliphatic rings. The topological polar surface area (TPSA) is 70.8 Å². The number of aryl methyl sites for hydroxylation is 2. The molecule has 1 N–H and O–H groups in total. The van der Waals surface area contributed by atoms with Gasteiger partial charge in [-0.3, -0.25) is 14.6 Å². The van der Waals surface area contributed by atoms with E-state index in [1.165, 1.54) is 0 Å². The molecule has 0 radical (unpaired) electrons. The summed E-state index contributed by atoms with van der Waals surface area (Å²) in [6.07, 6.45) is 0. The third kappa shape index (κ3) is 5.81. The smallest absolute Gasteiger partial charge is 0.237 e. The van der Waals surface area contributed by atoms with Crippen LogP contribution in [-0.2, 0) is 11.3 Å². The predicted octanol–water partition coefficient (Wildman–Crippen LogP) is 1.99. The number of carbonyl (C=O) groups excluding carboxylic acids is 1. The highest BCUT2D eigenvalue weighted by atomic mass is 16.5. The van der Waals surface area contributed by atoms with E-state index in [4.69, 9.17) is 9.26 Å². The van der Waals surface area contributed by atoms with E-state index in [-0.39, 0.29) is 11.9 Å². The van der Waals surface area contributed by atoms with E-state index in [0.717, 1.165) is 55.5 Å². The van der Waals surface area contributed by atoms with Crippen molar-refractivity contribution < 1.29 is 14.1 Å². The summed E-state index contributed by atoms with van der Waals surface area (Å²) < 4.78 is 11.0. The molecule has 1 atom stereocenters. The van der Waals surface area contributed by atoms with Crippen molar-refractivity contribution in [3.8, 4) is 5.75 Å². The van der Waals surface area contributed by atoms with Crippen molar-refractivity contribution in [1.29, 1.82) is 0 Å². The largest absolute Gasteiger partial charge is 0.492 e. The fourth-order valence-corrected chi connectivity index (χ4v) is 3.38. The van der Waals surface area contributed by atoms with Crippen molar-refractivity contribution in [3.63, 3.8) is 0 Å². The molecule has 7 heteroatoms. The summed E-state index contributed by atoms with van der Waals surface area (Å²) >= 11 is 0. The molecule has 1 unspecified atom stereocenters. The Morgan fingerprint density at radius 3 is 2.71 bits per heavy atom. The predicted molar refractivity (Wildman–Crippen MR) is 107 cm³/mol. The molecule has 1 aromatic carbocycles. The zero-order chi connectivity index (χ0) is 19.9. The van der Waals surface area contributed by atoms with E-state index in [1.54, 1.807) is 0 Å². The van der Waals surface area contributed by atoms with Crippen LogP contribution in [0.15, 0.2) is 34.9 Å². The van der Waals surface area contributed by atoms with Gasteiger partial charge in [0.05, 0.1) is 24.8 Å². The molecule has 1 saturated heterocycles. The lowest BCUT2D eigenvalue weighted by Gasteiger charge is -2.37. The first kappa shape index (κ1) is 20.4. The molecule has 0 spiro atoms. The van der Waals surface area contributed by atoms with Gasteiger partial charge >= 0.3 is 0 Å². The molecular formula is C21H30N4O3. The second kappa shape index (κ2) is 9.71. The number of aromatic nitrogens is 1. The van der Waals surface area contributed by atoms with Crippen LogP contribution in [0.5, 0.6) is 5.75 Å². The molecule has 1 amide bonds. The molecular weight excluding hydrogens is 356 g/mol. The van der Waals surface area contributed by atoms with Crippen LogP contribution in [-0.4, -0.2) is 66.2 Å². The van der Waals surface area contributed by atoms with Gasteiger partial charge in [-0.25, -0.2) is 0 Å². The Kier molecular flexibility index (Phi) is 7.06. The van der Waals surface area contributed by atoms with Gasteiger partial charge in [0, 0.05) is 32.2 Å². The number of amides is 1. The summed E-state index contributed by atoms with van der Waals surface area (Å²) in [5, 5.41) is 6.91. The molecule has 7 nitrogen and oxygen atoms in total. The Labute approximate surface area is 166 Å². The van der Waals surface area contributed by atoms with Gasteiger partial charge in [-0.15, -0.1) is 0 Å². The van der Waals surface area contributed by atoms with Crippen molar-refractivity contribution in [1.82, 2.24) is 20.3 Å². The first-order valence-corrected chi connectivity index (χ1v) is 9.87. The second-order valence-electron chi connectivity index (χ2n) is 7.38. The van der Waals surface area contributed by atoms with Gasteiger partial charge in [-0.1, -0.05) is 17.3 Å². The van der Waals surface area contributed by atoms with E-state index in [2.05, 4.69) is 20.3 Å². The zero-order valence-corrected chi connectivity index (χ0v) is 17.0. The van der Waals surface area contributed by atoms with Crippen molar-refractivity contribution in [3.05, 3.63) is 47.3 Å². The van der Waals surface area contributed by atoms with Crippen molar-refractivity contribution >= 4 is 5.91 Å². The fourth-order valence-electron chi connectivity index (χ4n) is 3.38. The highest BCUT2D eigenvalue weighted by Gasteiger charge is 2.25. The Morgan fingerprint density at radius 1 is 1.25 bits per heavy atom. The Hall–Kier alpha value is -2.38. The van der Waals surface area contributed by atoms with E-state index >= 15 is 0 Å². The molecule has 152 valence electrons. The third-order valence-electron chi connectivity index (χ3n) is 5.05. The number of hydrogen-bond donors (Lipinski definition) is 1. The quantitative estimate of drug-likeness (QED) is 0.700. The van der Waals surface area contributed by atoms with Gasteiger partial charge in [-0.2, -0.15) is 0 Å². The van der Waals surface area contributed by atoms with Gasteiger partial charge in [0.25, 0.3) is 0 Å². The number of ether oxygens (including phenoxy) is 1. The summed E-state index contributed by atoms with van der Waals surface area (Å²) in [6.45, 7) is 11.2. The average molecular weight is 386 g/mol. The minimum absolute atomic E-state index is 0.0483. The van der Waals surface area contributed by atoms with Gasteiger partial charge in [0.15, 0.2) is 5.76 Å². The van der Waals surface area contributed by atoms with Gasteiger partial charge in [-0.05, 0) is 38.5 Å². The lowest BCUT2D eigenvalue weighted by molar-refractivity contribution is -0.126. The molecule has 3 rings (SSSR count). The monoisotopic (exact) mass is 386 g/mol. The summed E-state index contributed by atoms with van der Waals surface area (Å²) in [4.78, 5) is 17.0. The first-order valence-electron chi connectivity index (χ1n) is 9.87. The minimum atomic E-state index is -0.145. The molecule has 28 heavy (non-hydrogen) atoms. The van der Waals surface area contributed by atoms with Crippen LogP contribution in [0.2, 0.25) is 0 Å². The van der Waals surface area contributed by atoms with Gasteiger partial charge in [0.1, 0.15) is 12.4 Å². The molecule has 1 aliphatic heterocycles. The highest BCUT2D eigenvalue weighted by molar-refractivity contribution is 5.81. The fraction of sp³-hybridized carbons (Fsp3) is 0.524. The molecule has 0 aliphatic carbocycles.